The van der Waals surface area contributed by atoms with E-state index in [1.165, 1.54) is 16.8 Å². The fourth-order valence-electron chi connectivity index (χ4n) is 2.99. The number of aryl methyl sites for hydroxylation is 1. The Morgan fingerprint density at radius 2 is 1.74 bits per heavy atom. The van der Waals surface area contributed by atoms with Gasteiger partial charge in [0.2, 0.25) is 0 Å². The van der Waals surface area contributed by atoms with E-state index in [2.05, 4.69) is 17.3 Å². The molecule has 0 bridgehead atoms. The molecule has 0 aliphatic carbocycles. The highest BCUT2D eigenvalue weighted by atomic mass is 19.1. The zero-order valence-electron chi connectivity index (χ0n) is 15.2. The number of unbranched alkanes of at least 4 members (excludes halogenated alkanes) is 3. The van der Waals surface area contributed by atoms with Crippen molar-refractivity contribution in [1.82, 2.24) is 9.78 Å². The minimum Gasteiger partial charge on any atom is -0.318 e. The maximum atomic E-state index is 13.9. The first-order chi connectivity index (χ1) is 13.1. The van der Waals surface area contributed by atoms with E-state index in [1.807, 2.05) is 0 Å². The number of benzene rings is 2. The van der Waals surface area contributed by atoms with Crippen LogP contribution in [-0.2, 0) is 6.54 Å². The second kappa shape index (κ2) is 8.58. The fourth-order valence-corrected chi connectivity index (χ4v) is 2.99. The van der Waals surface area contributed by atoms with Crippen LogP contribution in [0.1, 0.15) is 43.1 Å². The Kier molecular flexibility index (Phi) is 5.96. The zero-order chi connectivity index (χ0) is 19.2. The normalized spacial score (nSPS) is 10.9. The van der Waals surface area contributed by atoms with Gasteiger partial charge in [-0.2, -0.15) is 5.10 Å². The highest BCUT2D eigenvalue weighted by Crippen LogP contribution is 2.17. The number of nitrogens with zero attached hydrogens (tertiary/aromatic N) is 2. The Morgan fingerprint density at radius 1 is 1.04 bits per heavy atom. The van der Waals surface area contributed by atoms with Crippen molar-refractivity contribution in [3.05, 3.63) is 70.4 Å². The molecular formula is C21H22FN3O2. The Labute approximate surface area is 156 Å². The number of fused-ring (bicyclic) bond motifs is 1. The number of hydrogen-bond acceptors (Lipinski definition) is 3. The summed E-state index contributed by atoms with van der Waals surface area (Å²) in [4.78, 5) is 25.5. The standard InChI is InChI=1S/C21H22FN3O2/c1-2-3-4-9-14-25-21(27)16-11-6-5-10-15(16)19(24-25)20(26)23-18-13-8-7-12-17(18)22/h5-8,10-13H,2-4,9,14H2,1H3,(H,23,26). The lowest BCUT2D eigenvalue weighted by atomic mass is 10.1. The van der Waals surface area contributed by atoms with Crippen molar-refractivity contribution in [2.75, 3.05) is 5.32 Å². The lowest BCUT2D eigenvalue weighted by molar-refractivity contribution is 0.102. The van der Waals surface area contributed by atoms with Gasteiger partial charge in [0.15, 0.2) is 5.69 Å². The summed E-state index contributed by atoms with van der Waals surface area (Å²) in [7, 11) is 0. The van der Waals surface area contributed by atoms with E-state index in [4.69, 9.17) is 0 Å². The molecule has 0 fully saturated rings. The van der Waals surface area contributed by atoms with Crippen molar-refractivity contribution < 1.29 is 9.18 Å². The number of halogens is 1. The first-order valence-electron chi connectivity index (χ1n) is 9.17. The van der Waals surface area contributed by atoms with Crippen LogP contribution in [0, 0.1) is 5.82 Å². The van der Waals surface area contributed by atoms with Crippen LogP contribution in [0.3, 0.4) is 0 Å². The van der Waals surface area contributed by atoms with Crippen LogP contribution in [0.25, 0.3) is 10.8 Å². The molecule has 3 aromatic rings. The van der Waals surface area contributed by atoms with Crippen LogP contribution in [0.15, 0.2) is 53.3 Å². The quantitative estimate of drug-likeness (QED) is 0.631. The van der Waals surface area contributed by atoms with E-state index in [1.54, 1.807) is 36.4 Å². The summed E-state index contributed by atoms with van der Waals surface area (Å²) in [5.41, 5.74) is -0.0254. The summed E-state index contributed by atoms with van der Waals surface area (Å²) in [5, 5.41) is 7.73. The minimum atomic E-state index is -0.543. The molecule has 0 unspecified atom stereocenters. The predicted molar refractivity (Wildman–Crippen MR) is 104 cm³/mol. The SMILES string of the molecule is CCCCCCn1nc(C(=O)Nc2ccccc2F)c2ccccc2c1=O. The van der Waals surface area contributed by atoms with Crippen molar-refractivity contribution in [2.45, 2.75) is 39.2 Å². The second-order valence-electron chi connectivity index (χ2n) is 6.42. The number of anilines is 1. The molecule has 1 heterocycles. The number of amides is 1. The molecule has 1 N–H and O–H groups in total. The molecule has 0 spiro atoms. The topological polar surface area (TPSA) is 64.0 Å². The van der Waals surface area contributed by atoms with Crippen LogP contribution in [0.2, 0.25) is 0 Å². The lowest BCUT2D eigenvalue weighted by Crippen LogP contribution is -2.28. The molecule has 2 aromatic carbocycles. The molecule has 0 saturated carbocycles. The lowest BCUT2D eigenvalue weighted by Gasteiger charge is -2.11. The summed E-state index contributed by atoms with van der Waals surface area (Å²) in [6.45, 7) is 2.56. The van der Waals surface area contributed by atoms with Gasteiger partial charge in [0.25, 0.3) is 11.5 Å². The van der Waals surface area contributed by atoms with Gasteiger partial charge in [-0.05, 0) is 24.6 Å². The summed E-state index contributed by atoms with van der Waals surface area (Å²) in [6, 6.07) is 12.8. The molecular weight excluding hydrogens is 345 g/mol. The first-order valence-corrected chi connectivity index (χ1v) is 9.17. The highest BCUT2D eigenvalue weighted by Gasteiger charge is 2.17. The molecule has 5 nitrogen and oxygen atoms in total. The van der Waals surface area contributed by atoms with Gasteiger partial charge in [-0.3, -0.25) is 9.59 Å². The van der Waals surface area contributed by atoms with Gasteiger partial charge in [-0.15, -0.1) is 0 Å². The molecule has 0 aliphatic heterocycles. The smallest absolute Gasteiger partial charge is 0.276 e. The van der Waals surface area contributed by atoms with Crippen LogP contribution in [0.4, 0.5) is 10.1 Å². The monoisotopic (exact) mass is 367 g/mol. The minimum absolute atomic E-state index is 0.0778. The van der Waals surface area contributed by atoms with E-state index in [0.717, 1.165) is 25.7 Å². The van der Waals surface area contributed by atoms with Crippen molar-refractivity contribution in [2.24, 2.45) is 0 Å². The predicted octanol–water partition coefficient (Wildman–Crippen LogP) is 4.37. The molecule has 0 atom stereocenters. The number of aromatic nitrogens is 2. The number of nitrogens with one attached hydrogen (secondary N) is 1. The van der Waals surface area contributed by atoms with Gasteiger partial charge in [0.05, 0.1) is 11.1 Å². The van der Waals surface area contributed by atoms with Crippen molar-refractivity contribution in [1.29, 1.82) is 0 Å². The third kappa shape index (κ3) is 4.22. The maximum absolute atomic E-state index is 13.9. The molecule has 140 valence electrons. The summed E-state index contributed by atoms with van der Waals surface area (Å²) in [6.07, 6.45) is 3.99. The van der Waals surface area contributed by atoms with E-state index in [-0.39, 0.29) is 16.9 Å². The van der Waals surface area contributed by atoms with E-state index < -0.39 is 11.7 Å². The van der Waals surface area contributed by atoms with Crippen molar-refractivity contribution >= 4 is 22.4 Å². The van der Waals surface area contributed by atoms with E-state index in [9.17, 15) is 14.0 Å². The largest absolute Gasteiger partial charge is 0.318 e. The number of carbonyl (C=O) groups excluding carboxylic acids is 1. The molecule has 6 heteroatoms. The highest BCUT2D eigenvalue weighted by molar-refractivity contribution is 6.11. The number of rotatable bonds is 7. The molecule has 3 rings (SSSR count). The molecule has 1 amide bonds. The summed E-state index contributed by atoms with van der Waals surface area (Å²) < 4.78 is 15.2. The Morgan fingerprint density at radius 3 is 2.48 bits per heavy atom. The average Bonchev–Trinajstić information content (AvgIpc) is 2.68. The van der Waals surface area contributed by atoms with Crippen LogP contribution >= 0.6 is 0 Å². The van der Waals surface area contributed by atoms with Crippen molar-refractivity contribution in [3.63, 3.8) is 0 Å². The summed E-state index contributed by atoms with van der Waals surface area (Å²) >= 11 is 0. The van der Waals surface area contributed by atoms with Gasteiger partial charge >= 0.3 is 0 Å². The van der Waals surface area contributed by atoms with Gasteiger partial charge in [0.1, 0.15) is 5.82 Å². The van der Waals surface area contributed by atoms with E-state index >= 15 is 0 Å². The van der Waals surface area contributed by atoms with E-state index in [0.29, 0.717) is 17.3 Å². The van der Waals surface area contributed by atoms with Crippen LogP contribution < -0.4 is 10.9 Å². The Balaban J connectivity index is 1.98. The number of carbonyl (C=O) groups is 1. The zero-order valence-corrected chi connectivity index (χ0v) is 15.2. The van der Waals surface area contributed by atoms with Crippen LogP contribution in [-0.4, -0.2) is 15.7 Å². The van der Waals surface area contributed by atoms with Gasteiger partial charge < -0.3 is 5.32 Å². The van der Waals surface area contributed by atoms with Crippen LogP contribution in [0.5, 0.6) is 0 Å². The third-order valence-corrected chi connectivity index (χ3v) is 4.43. The summed E-state index contributed by atoms with van der Waals surface area (Å²) in [5.74, 6) is -1.07. The Bertz CT molecular complexity index is 1010. The average molecular weight is 367 g/mol. The maximum Gasteiger partial charge on any atom is 0.276 e. The molecule has 1 aromatic heterocycles. The molecule has 0 aliphatic rings. The molecule has 27 heavy (non-hydrogen) atoms. The van der Waals surface area contributed by atoms with Gasteiger partial charge in [-0.1, -0.05) is 56.5 Å². The third-order valence-electron chi connectivity index (χ3n) is 4.43. The first kappa shape index (κ1) is 18.8. The van der Waals surface area contributed by atoms with Gasteiger partial charge in [0, 0.05) is 11.9 Å². The van der Waals surface area contributed by atoms with Crippen molar-refractivity contribution in [3.8, 4) is 0 Å². The molecule has 0 saturated heterocycles. The Hall–Kier alpha value is -3.02. The number of hydrogen-bond donors (Lipinski definition) is 1. The second-order valence-corrected chi connectivity index (χ2v) is 6.42. The van der Waals surface area contributed by atoms with Gasteiger partial charge in [-0.25, -0.2) is 9.07 Å². The number of para-hydroxylation sites is 1. The molecule has 0 radical (unpaired) electrons. The fraction of sp³-hybridized carbons (Fsp3) is 0.286.